The van der Waals surface area contributed by atoms with E-state index in [0.29, 0.717) is 11.2 Å². The first-order chi connectivity index (χ1) is 12.2. The second-order valence-corrected chi connectivity index (χ2v) is 5.16. The number of anilines is 1. The molecule has 0 saturated carbocycles. The molecular weight excluding hydrogens is 356 g/mol. The molecule has 0 atom stereocenters. The number of halogens is 1. The third kappa shape index (κ3) is 3.36. The number of aromatic nitrogens is 2. The Morgan fingerprint density at radius 1 is 1.31 bits per heavy atom. The van der Waals surface area contributed by atoms with Gasteiger partial charge in [0.1, 0.15) is 17.2 Å². The van der Waals surface area contributed by atoms with E-state index in [4.69, 9.17) is 4.74 Å². The summed E-state index contributed by atoms with van der Waals surface area (Å²) in [5.74, 6) is -0.635. The van der Waals surface area contributed by atoms with Crippen molar-refractivity contribution in [2.75, 3.05) is 12.4 Å². The Hall–Kier alpha value is -3.37. The van der Waals surface area contributed by atoms with Gasteiger partial charge >= 0.3 is 5.97 Å². The molecule has 1 N–H and O–H groups in total. The van der Waals surface area contributed by atoms with Gasteiger partial charge in [-0.05, 0) is 24.3 Å². The number of nitrogens with zero attached hydrogens (tertiary/aromatic N) is 3. The molecule has 0 unspecified atom stereocenters. The van der Waals surface area contributed by atoms with Gasteiger partial charge in [0.25, 0.3) is 5.56 Å². The first kappa shape index (κ1) is 19.0. The predicted octanol–water partition coefficient (Wildman–Crippen LogP) is 2.39. The number of methoxy groups -OCH3 is 1. The third-order valence-corrected chi connectivity index (χ3v) is 3.72. The lowest BCUT2D eigenvalue weighted by atomic mass is 10.1. The second kappa shape index (κ2) is 8.14. The zero-order valence-corrected chi connectivity index (χ0v) is 14.6. The molecular formula is C18H15ClN4O3. The fraction of sp³-hybridized carbons (Fsp3) is 0.111. The van der Waals surface area contributed by atoms with E-state index in [-0.39, 0.29) is 35.8 Å². The maximum atomic E-state index is 12.6. The van der Waals surface area contributed by atoms with Crippen molar-refractivity contribution in [3.8, 4) is 6.07 Å². The van der Waals surface area contributed by atoms with Gasteiger partial charge in [0.2, 0.25) is 0 Å². The standard InChI is InChI=1S/C18H14N4O3.ClH/c1-25-18(24)15-14-7-3-5-9-22(14)17(23)13(10-19)16(15)21-11-12-6-2-4-8-20-12;/h2-9,21H,11H2,1H3;1H. The van der Waals surface area contributed by atoms with Gasteiger partial charge in [-0.2, -0.15) is 5.26 Å². The number of hydrogen-bond donors (Lipinski definition) is 1. The maximum absolute atomic E-state index is 12.6. The summed E-state index contributed by atoms with van der Waals surface area (Å²) in [7, 11) is 1.25. The van der Waals surface area contributed by atoms with E-state index in [9.17, 15) is 14.9 Å². The summed E-state index contributed by atoms with van der Waals surface area (Å²) in [6, 6.07) is 12.3. The van der Waals surface area contributed by atoms with Crippen LogP contribution in [0, 0.1) is 11.3 Å². The second-order valence-electron chi connectivity index (χ2n) is 5.16. The normalized spacial score (nSPS) is 9.85. The van der Waals surface area contributed by atoms with E-state index < -0.39 is 11.5 Å². The summed E-state index contributed by atoms with van der Waals surface area (Å²) in [4.78, 5) is 29.1. The highest BCUT2D eigenvalue weighted by Gasteiger charge is 2.23. The van der Waals surface area contributed by atoms with E-state index in [2.05, 4.69) is 10.3 Å². The number of ether oxygens (including phenoxy) is 1. The Morgan fingerprint density at radius 3 is 2.73 bits per heavy atom. The Morgan fingerprint density at radius 2 is 2.08 bits per heavy atom. The Labute approximate surface area is 155 Å². The zero-order valence-electron chi connectivity index (χ0n) is 13.8. The van der Waals surface area contributed by atoms with E-state index in [1.165, 1.54) is 17.7 Å². The fourth-order valence-corrected chi connectivity index (χ4v) is 2.58. The van der Waals surface area contributed by atoms with E-state index >= 15 is 0 Å². The van der Waals surface area contributed by atoms with Crippen LogP contribution in [0.5, 0.6) is 0 Å². The molecule has 0 aliphatic heterocycles. The molecule has 3 rings (SSSR count). The quantitative estimate of drug-likeness (QED) is 0.708. The molecule has 0 saturated heterocycles. The predicted molar refractivity (Wildman–Crippen MR) is 98.5 cm³/mol. The van der Waals surface area contributed by atoms with Crippen LogP contribution in [-0.2, 0) is 11.3 Å². The molecule has 0 spiro atoms. The van der Waals surface area contributed by atoms with Gasteiger partial charge in [-0.1, -0.05) is 12.1 Å². The van der Waals surface area contributed by atoms with E-state index in [1.807, 2.05) is 12.1 Å². The van der Waals surface area contributed by atoms with Crippen LogP contribution in [0.4, 0.5) is 5.69 Å². The Balaban J connectivity index is 0.00000243. The molecule has 132 valence electrons. The highest BCUT2D eigenvalue weighted by molar-refractivity contribution is 6.03. The van der Waals surface area contributed by atoms with E-state index in [1.54, 1.807) is 36.5 Å². The molecule has 7 nitrogen and oxygen atoms in total. The van der Waals surface area contributed by atoms with Crippen LogP contribution in [0.1, 0.15) is 21.6 Å². The summed E-state index contributed by atoms with van der Waals surface area (Å²) in [5, 5.41) is 12.5. The lowest BCUT2D eigenvalue weighted by Gasteiger charge is -2.15. The minimum atomic E-state index is -0.635. The molecule has 0 radical (unpaired) electrons. The number of nitrogens with one attached hydrogen (secondary N) is 1. The first-order valence-corrected chi connectivity index (χ1v) is 7.47. The Kier molecular flexibility index (Phi) is 5.94. The third-order valence-electron chi connectivity index (χ3n) is 3.72. The lowest BCUT2D eigenvalue weighted by molar-refractivity contribution is 0.0603. The number of pyridine rings is 3. The van der Waals surface area contributed by atoms with Gasteiger partial charge in [-0.3, -0.25) is 14.2 Å². The van der Waals surface area contributed by atoms with Crippen molar-refractivity contribution in [3.63, 3.8) is 0 Å². The monoisotopic (exact) mass is 370 g/mol. The molecule has 8 heteroatoms. The van der Waals surface area contributed by atoms with Crippen molar-refractivity contribution in [1.29, 1.82) is 5.26 Å². The van der Waals surface area contributed by atoms with Crippen molar-refractivity contribution in [3.05, 3.63) is 76.0 Å². The molecule has 26 heavy (non-hydrogen) atoms. The largest absolute Gasteiger partial charge is 0.465 e. The van der Waals surface area contributed by atoms with Gasteiger partial charge in [-0.25, -0.2) is 4.79 Å². The van der Waals surface area contributed by atoms with E-state index in [0.717, 1.165) is 0 Å². The number of carbonyl (C=O) groups excluding carboxylic acids is 1. The Bertz CT molecular complexity index is 1040. The van der Waals surface area contributed by atoms with Crippen LogP contribution in [-0.4, -0.2) is 22.5 Å². The number of rotatable bonds is 4. The fourth-order valence-electron chi connectivity index (χ4n) is 2.58. The molecule has 0 amide bonds. The average Bonchev–Trinajstić information content (AvgIpc) is 2.67. The van der Waals surface area contributed by atoms with Crippen molar-refractivity contribution in [2.45, 2.75) is 6.54 Å². The number of nitriles is 1. The zero-order chi connectivity index (χ0) is 17.8. The van der Waals surface area contributed by atoms with Gasteiger partial charge in [0.15, 0.2) is 0 Å². The number of esters is 1. The average molecular weight is 371 g/mol. The summed E-state index contributed by atoms with van der Waals surface area (Å²) < 4.78 is 6.12. The van der Waals surface area contributed by atoms with Crippen LogP contribution in [0.2, 0.25) is 0 Å². The lowest BCUT2D eigenvalue weighted by Crippen LogP contribution is -2.23. The number of hydrogen-bond acceptors (Lipinski definition) is 6. The van der Waals surface area contributed by atoms with Crippen molar-refractivity contribution in [2.24, 2.45) is 0 Å². The maximum Gasteiger partial charge on any atom is 0.342 e. The van der Waals surface area contributed by atoms with Gasteiger partial charge in [0, 0.05) is 12.4 Å². The minimum Gasteiger partial charge on any atom is -0.465 e. The van der Waals surface area contributed by atoms with Gasteiger partial charge < -0.3 is 10.1 Å². The van der Waals surface area contributed by atoms with Crippen LogP contribution in [0.15, 0.2) is 53.6 Å². The molecule has 3 aromatic heterocycles. The van der Waals surface area contributed by atoms with Crippen LogP contribution >= 0.6 is 12.4 Å². The topological polar surface area (TPSA) is 96.5 Å². The number of fused-ring (bicyclic) bond motifs is 1. The van der Waals surface area contributed by atoms with Crippen molar-refractivity contribution < 1.29 is 9.53 Å². The summed E-state index contributed by atoms with van der Waals surface area (Å²) in [6.07, 6.45) is 3.15. The molecule has 3 heterocycles. The summed E-state index contributed by atoms with van der Waals surface area (Å²) >= 11 is 0. The van der Waals surface area contributed by atoms with Crippen molar-refractivity contribution in [1.82, 2.24) is 9.38 Å². The highest BCUT2D eigenvalue weighted by atomic mass is 35.5. The molecule has 0 fully saturated rings. The van der Waals surface area contributed by atoms with Crippen LogP contribution in [0.25, 0.3) is 5.52 Å². The molecule has 0 aromatic carbocycles. The van der Waals surface area contributed by atoms with Gasteiger partial charge in [-0.15, -0.1) is 12.4 Å². The molecule has 0 bridgehead atoms. The molecule has 3 aromatic rings. The SMILES string of the molecule is COC(=O)c1c(NCc2ccccn2)c(C#N)c(=O)n2ccccc12.Cl. The minimum absolute atomic E-state index is 0. The van der Waals surface area contributed by atoms with Crippen LogP contribution in [0.3, 0.4) is 0 Å². The van der Waals surface area contributed by atoms with Gasteiger partial charge in [0.05, 0.1) is 30.6 Å². The van der Waals surface area contributed by atoms with Crippen LogP contribution < -0.4 is 10.9 Å². The first-order valence-electron chi connectivity index (χ1n) is 7.47. The summed E-state index contributed by atoms with van der Waals surface area (Å²) in [6.45, 7) is 0.252. The highest BCUT2D eigenvalue weighted by Crippen LogP contribution is 2.24. The summed E-state index contributed by atoms with van der Waals surface area (Å²) in [5.41, 5.74) is 0.693. The van der Waals surface area contributed by atoms with Crippen molar-refractivity contribution >= 4 is 29.6 Å². The molecule has 0 aliphatic rings. The molecule has 0 aliphatic carbocycles. The number of carbonyl (C=O) groups is 1. The smallest absolute Gasteiger partial charge is 0.342 e.